The zero-order valence-electron chi connectivity index (χ0n) is 21.6. The van der Waals surface area contributed by atoms with Gasteiger partial charge in [-0.3, -0.25) is 9.78 Å². The van der Waals surface area contributed by atoms with Gasteiger partial charge >= 0.3 is 0 Å². The molecule has 0 radical (unpaired) electrons. The van der Waals surface area contributed by atoms with Gasteiger partial charge in [0.25, 0.3) is 5.91 Å². The van der Waals surface area contributed by atoms with Crippen LogP contribution in [-0.2, 0) is 28.8 Å². The Labute approximate surface area is 218 Å². The number of pyridine rings is 1. The van der Waals surface area contributed by atoms with Crippen LogP contribution in [-0.4, -0.2) is 33.3 Å². The van der Waals surface area contributed by atoms with Crippen molar-refractivity contribution in [1.82, 2.24) is 10.3 Å². The number of nitrogens with zero attached hydrogens (tertiary/aromatic N) is 1. The molecule has 2 aromatic carbocycles. The second-order valence-corrected chi connectivity index (χ2v) is 10.9. The molecule has 0 saturated heterocycles. The maximum Gasteiger partial charge on any atom is 0.258 e. The number of hydrogen-bond acceptors (Lipinski definition) is 5. The van der Waals surface area contributed by atoms with Crippen LogP contribution in [0.25, 0.3) is 0 Å². The molecule has 5 rings (SSSR count). The SMILES string of the molecule is CC[C@@]12CC(C)(O)[C@](O)(c3ccccc3)C[C@H]1CCc1cc(OCC(=O)NCc3ccncc3)ccc12. The third-order valence-corrected chi connectivity index (χ3v) is 8.74. The van der Waals surface area contributed by atoms with E-state index >= 15 is 0 Å². The zero-order chi connectivity index (χ0) is 26.1. The first kappa shape index (κ1) is 25.4. The second-order valence-electron chi connectivity index (χ2n) is 10.9. The van der Waals surface area contributed by atoms with Crippen molar-refractivity contribution >= 4 is 5.91 Å². The van der Waals surface area contributed by atoms with Gasteiger partial charge in [0.15, 0.2) is 6.61 Å². The summed E-state index contributed by atoms with van der Waals surface area (Å²) in [6.45, 7) is 4.35. The van der Waals surface area contributed by atoms with Gasteiger partial charge in [-0.15, -0.1) is 0 Å². The highest BCUT2D eigenvalue weighted by Gasteiger charge is 2.60. The molecule has 4 atom stereocenters. The molecule has 1 saturated carbocycles. The Morgan fingerprint density at radius 3 is 2.59 bits per heavy atom. The molecule has 2 aliphatic rings. The highest BCUT2D eigenvalue weighted by molar-refractivity contribution is 5.77. The maximum absolute atomic E-state index is 12.3. The van der Waals surface area contributed by atoms with E-state index in [1.165, 1.54) is 11.1 Å². The summed E-state index contributed by atoms with van der Waals surface area (Å²) in [7, 11) is 0. The Hall–Kier alpha value is -3.22. The fourth-order valence-electron chi connectivity index (χ4n) is 6.70. The van der Waals surface area contributed by atoms with E-state index in [2.05, 4.69) is 23.3 Å². The number of hydrogen-bond donors (Lipinski definition) is 3. The van der Waals surface area contributed by atoms with E-state index in [0.717, 1.165) is 30.4 Å². The van der Waals surface area contributed by atoms with Gasteiger partial charge in [0.05, 0.1) is 5.60 Å². The third-order valence-electron chi connectivity index (χ3n) is 8.74. The van der Waals surface area contributed by atoms with Crippen molar-refractivity contribution in [2.45, 2.75) is 69.1 Å². The number of benzene rings is 2. The summed E-state index contributed by atoms with van der Waals surface area (Å²) in [4.78, 5) is 16.3. The standard InChI is InChI=1S/C31H36N2O4/c1-3-30-21-29(2,35)31(36,24-7-5-4-6-8-24)18-25(30)10-9-23-17-26(11-12-27(23)30)37-20-28(34)33-19-22-13-15-32-16-14-22/h4-8,11-17,25,35-36H,3,9-10,18-21H2,1-2H3,(H,33,34)/t25-,29?,30-,31-/m1/s1. The van der Waals surface area contributed by atoms with Crippen molar-refractivity contribution in [1.29, 1.82) is 0 Å². The molecule has 6 heteroatoms. The lowest BCUT2D eigenvalue weighted by molar-refractivity contribution is -0.205. The van der Waals surface area contributed by atoms with Crippen LogP contribution in [0.5, 0.6) is 5.75 Å². The molecule has 0 spiro atoms. The van der Waals surface area contributed by atoms with E-state index in [9.17, 15) is 15.0 Å². The average Bonchev–Trinajstić information content (AvgIpc) is 2.92. The molecule has 1 fully saturated rings. The minimum atomic E-state index is -1.29. The van der Waals surface area contributed by atoms with Gasteiger partial charge in [-0.05, 0) is 91.5 Å². The van der Waals surface area contributed by atoms with Gasteiger partial charge < -0.3 is 20.3 Å². The molecule has 6 nitrogen and oxygen atoms in total. The Bertz CT molecular complexity index is 1250. The van der Waals surface area contributed by atoms with Gasteiger partial charge in [-0.2, -0.15) is 0 Å². The second kappa shape index (κ2) is 9.92. The molecule has 0 aliphatic heterocycles. The summed E-state index contributed by atoms with van der Waals surface area (Å²) in [5, 5.41) is 26.4. The van der Waals surface area contributed by atoms with Crippen LogP contribution >= 0.6 is 0 Å². The highest BCUT2D eigenvalue weighted by Crippen LogP contribution is 2.60. The largest absolute Gasteiger partial charge is 0.484 e. The summed E-state index contributed by atoms with van der Waals surface area (Å²) in [6.07, 6.45) is 7.09. The van der Waals surface area contributed by atoms with E-state index in [-0.39, 0.29) is 23.8 Å². The van der Waals surface area contributed by atoms with Crippen LogP contribution in [0.1, 0.15) is 61.8 Å². The quantitative estimate of drug-likeness (QED) is 0.447. The zero-order valence-corrected chi connectivity index (χ0v) is 21.6. The number of rotatable bonds is 7. The molecule has 1 heterocycles. The van der Waals surface area contributed by atoms with Gasteiger partial charge in [0.2, 0.25) is 0 Å². The van der Waals surface area contributed by atoms with E-state index in [1.54, 1.807) is 19.3 Å². The lowest BCUT2D eigenvalue weighted by Gasteiger charge is -2.59. The van der Waals surface area contributed by atoms with Crippen LogP contribution in [0.15, 0.2) is 73.1 Å². The van der Waals surface area contributed by atoms with Crippen molar-refractivity contribution in [3.8, 4) is 5.75 Å². The summed E-state index contributed by atoms with van der Waals surface area (Å²) in [5.41, 5.74) is 1.41. The van der Waals surface area contributed by atoms with Crippen molar-refractivity contribution in [2.24, 2.45) is 5.92 Å². The molecule has 1 aromatic heterocycles. The van der Waals surface area contributed by atoms with Crippen molar-refractivity contribution in [2.75, 3.05) is 6.61 Å². The van der Waals surface area contributed by atoms with Crippen LogP contribution in [0, 0.1) is 5.92 Å². The van der Waals surface area contributed by atoms with E-state index in [4.69, 9.17) is 4.74 Å². The molecule has 194 valence electrons. The van der Waals surface area contributed by atoms with Gasteiger partial charge in [-0.25, -0.2) is 0 Å². The molecule has 0 bridgehead atoms. The van der Waals surface area contributed by atoms with Crippen LogP contribution in [0.2, 0.25) is 0 Å². The summed E-state index contributed by atoms with van der Waals surface area (Å²) in [6, 6.07) is 19.4. The fourth-order valence-corrected chi connectivity index (χ4v) is 6.70. The van der Waals surface area contributed by atoms with Crippen molar-refractivity contribution in [3.63, 3.8) is 0 Å². The Balaban J connectivity index is 1.32. The number of amides is 1. The minimum absolute atomic E-state index is 0.0514. The molecule has 3 N–H and O–H groups in total. The number of carbonyl (C=O) groups excluding carboxylic acids is 1. The van der Waals surface area contributed by atoms with Crippen LogP contribution < -0.4 is 10.1 Å². The first-order valence-corrected chi connectivity index (χ1v) is 13.2. The lowest BCUT2D eigenvalue weighted by Crippen LogP contribution is -2.62. The number of aryl methyl sites for hydroxylation is 1. The topological polar surface area (TPSA) is 91.7 Å². The van der Waals surface area contributed by atoms with E-state index < -0.39 is 11.2 Å². The maximum atomic E-state index is 12.3. The number of fused-ring (bicyclic) bond motifs is 3. The summed E-state index contributed by atoms with van der Waals surface area (Å²) >= 11 is 0. The Morgan fingerprint density at radius 2 is 1.86 bits per heavy atom. The number of ether oxygens (including phenoxy) is 1. The Morgan fingerprint density at radius 1 is 1.11 bits per heavy atom. The van der Waals surface area contributed by atoms with Crippen LogP contribution in [0.4, 0.5) is 0 Å². The average molecular weight is 501 g/mol. The first-order chi connectivity index (χ1) is 17.8. The number of aromatic nitrogens is 1. The smallest absolute Gasteiger partial charge is 0.258 e. The monoisotopic (exact) mass is 500 g/mol. The fraction of sp³-hybridized carbons (Fsp3) is 0.419. The molecule has 1 unspecified atom stereocenters. The highest BCUT2D eigenvalue weighted by atomic mass is 16.5. The lowest BCUT2D eigenvalue weighted by atomic mass is 9.49. The predicted octanol–water partition coefficient (Wildman–Crippen LogP) is 4.42. The van der Waals surface area contributed by atoms with Gasteiger partial charge in [0.1, 0.15) is 11.4 Å². The van der Waals surface area contributed by atoms with Gasteiger partial charge in [0, 0.05) is 24.4 Å². The normalized spacial score (nSPS) is 28.6. The molecule has 2 aliphatic carbocycles. The molecule has 1 amide bonds. The molecular weight excluding hydrogens is 464 g/mol. The minimum Gasteiger partial charge on any atom is -0.484 e. The third kappa shape index (κ3) is 4.64. The first-order valence-electron chi connectivity index (χ1n) is 13.2. The van der Waals surface area contributed by atoms with Crippen molar-refractivity contribution < 1.29 is 19.7 Å². The Kier molecular flexibility index (Phi) is 6.82. The number of nitrogens with one attached hydrogen (secondary N) is 1. The molecular formula is C31H36N2O4. The summed E-state index contributed by atoms with van der Waals surface area (Å²) < 4.78 is 5.84. The predicted molar refractivity (Wildman–Crippen MR) is 142 cm³/mol. The number of carbonyl (C=O) groups is 1. The summed E-state index contributed by atoms with van der Waals surface area (Å²) in [5.74, 6) is 0.746. The molecule has 3 aromatic rings. The van der Waals surface area contributed by atoms with E-state index in [0.29, 0.717) is 25.1 Å². The van der Waals surface area contributed by atoms with Gasteiger partial charge in [-0.1, -0.05) is 43.3 Å². The van der Waals surface area contributed by atoms with E-state index in [1.807, 2.05) is 54.6 Å². The number of aliphatic hydroxyl groups is 2. The molecule has 37 heavy (non-hydrogen) atoms. The van der Waals surface area contributed by atoms with Crippen LogP contribution in [0.3, 0.4) is 0 Å². The van der Waals surface area contributed by atoms with Crippen molar-refractivity contribution in [3.05, 3.63) is 95.3 Å².